The summed E-state index contributed by atoms with van der Waals surface area (Å²) in [6.07, 6.45) is 1.00. The van der Waals surface area contributed by atoms with E-state index in [2.05, 4.69) is 45.8 Å². The number of benzene rings is 1. The maximum atomic E-state index is 4.54. The molecule has 16 heavy (non-hydrogen) atoms. The van der Waals surface area contributed by atoms with Crippen molar-refractivity contribution in [3.05, 3.63) is 34.2 Å². The topological polar surface area (TPSA) is 25.8 Å². The van der Waals surface area contributed by atoms with E-state index in [1.165, 1.54) is 5.39 Å². The van der Waals surface area contributed by atoms with Gasteiger partial charge in [0.2, 0.25) is 0 Å². The van der Waals surface area contributed by atoms with Gasteiger partial charge in [-0.25, -0.2) is 9.97 Å². The first kappa shape index (κ1) is 11.5. The van der Waals surface area contributed by atoms with Gasteiger partial charge in [0, 0.05) is 9.86 Å². The molecular formula is C13H15BrN2. The summed E-state index contributed by atoms with van der Waals surface area (Å²) >= 11 is 3.47. The molecule has 0 saturated carbocycles. The summed E-state index contributed by atoms with van der Waals surface area (Å²) < 4.78 is 1.06. The standard InChI is InChI=1S/C13H15BrN2/c1-8(2)6-12-11-5-4-10(14)7-13(11)16-9(3)15-12/h4-5,7-8H,6H2,1-3H3. The highest BCUT2D eigenvalue weighted by Gasteiger charge is 2.07. The summed E-state index contributed by atoms with van der Waals surface area (Å²) in [5.41, 5.74) is 2.18. The molecule has 0 unspecified atom stereocenters. The minimum absolute atomic E-state index is 0.612. The van der Waals surface area contributed by atoms with Crippen LogP contribution in [-0.4, -0.2) is 9.97 Å². The van der Waals surface area contributed by atoms with Gasteiger partial charge in [0.15, 0.2) is 0 Å². The molecule has 2 nitrogen and oxygen atoms in total. The third kappa shape index (κ3) is 2.40. The lowest BCUT2D eigenvalue weighted by molar-refractivity contribution is 0.636. The summed E-state index contributed by atoms with van der Waals surface area (Å²) in [6, 6.07) is 6.19. The van der Waals surface area contributed by atoms with Gasteiger partial charge in [-0.1, -0.05) is 29.8 Å². The molecule has 0 bridgehead atoms. The van der Waals surface area contributed by atoms with Crippen molar-refractivity contribution in [2.45, 2.75) is 27.2 Å². The van der Waals surface area contributed by atoms with E-state index < -0.39 is 0 Å². The Kier molecular flexibility index (Phi) is 3.24. The van der Waals surface area contributed by atoms with E-state index in [1.54, 1.807) is 0 Å². The lowest BCUT2D eigenvalue weighted by atomic mass is 10.0. The normalized spacial score (nSPS) is 11.3. The second-order valence-electron chi connectivity index (χ2n) is 4.48. The molecule has 2 rings (SSSR count). The highest BCUT2D eigenvalue weighted by Crippen LogP contribution is 2.22. The van der Waals surface area contributed by atoms with Gasteiger partial charge in [0.1, 0.15) is 5.82 Å². The summed E-state index contributed by atoms with van der Waals surface area (Å²) in [7, 11) is 0. The van der Waals surface area contributed by atoms with Gasteiger partial charge in [-0.15, -0.1) is 0 Å². The molecular weight excluding hydrogens is 264 g/mol. The minimum Gasteiger partial charge on any atom is -0.238 e. The molecule has 0 aliphatic rings. The van der Waals surface area contributed by atoms with Crippen LogP contribution in [-0.2, 0) is 6.42 Å². The van der Waals surface area contributed by atoms with Crippen molar-refractivity contribution in [1.29, 1.82) is 0 Å². The van der Waals surface area contributed by atoms with E-state index in [4.69, 9.17) is 0 Å². The average Bonchev–Trinajstić information content (AvgIpc) is 2.15. The van der Waals surface area contributed by atoms with Crippen LogP contribution < -0.4 is 0 Å². The van der Waals surface area contributed by atoms with Crippen LogP contribution in [0.5, 0.6) is 0 Å². The molecule has 84 valence electrons. The van der Waals surface area contributed by atoms with Crippen molar-refractivity contribution in [3.63, 3.8) is 0 Å². The Balaban J connectivity index is 2.63. The zero-order chi connectivity index (χ0) is 11.7. The van der Waals surface area contributed by atoms with Crippen molar-refractivity contribution in [2.75, 3.05) is 0 Å². The molecule has 0 radical (unpaired) electrons. The summed E-state index contributed by atoms with van der Waals surface area (Å²) in [6.45, 7) is 6.37. The van der Waals surface area contributed by atoms with Crippen LogP contribution in [0.15, 0.2) is 22.7 Å². The Morgan fingerprint density at radius 2 is 2.00 bits per heavy atom. The van der Waals surface area contributed by atoms with Crippen molar-refractivity contribution in [2.24, 2.45) is 5.92 Å². The van der Waals surface area contributed by atoms with Crippen molar-refractivity contribution in [1.82, 2.24) is 9.97 Å². The third-order valence-electron chi connectivity index (χ3n) is 2.45. The molecule has 3 heteroatoms. The van der Waals surface area contributed by atoms with Crippen LogP contribution >= 0.6 is 15.9 Å². The summed E-state index contributed by atoms with van der Waals surface area (Å²) in [5.74, 6) is 1.46. The first-order chi connectivity index (χ1) is 7.56. The SMILES string of the molecule is Cc1nc(CC(C)C)c2ccc(Br)cc2n1. The molecule has 0 aliphatic carbocycles. The number of fused-ring (bicyclic) bond motifs is 1. The Labute approximate surface area is 104 Å². The van der Waals surface area contributed by atoms with Crippen LogP contribution in [0.1, 0.15) is 25.4 Å². The molecule has 1 heterocycles. The van der Waals surface area contributed by atoms with Crippen molar-refractivity contribution in [3.8, 4) is 0 Å². The number of aryl methyl sites for hydroxylation is 1. The van der Waals surface area contributed by atoms with Gasteiger partial charge in [-0.05, 0) is 37.5 Å². The van der Waals surface area contributed by atoms with Crippen LogP contribution in [0.25, 0.3) is 10.9 Å². The number of hydrogen-bond donors (Lipinski definition) is 0. The highest BCUT2D eigenvalue weighted by atomic mass is 79.9. The first-order valence-electron chi connectivity index (χ1n) is 5.49. The smallest absolute Gasteiger partial charge is 0.126 e. The van der Waals surface area contributed by atoms with Gasteiger partial charge >= 0.3 is 0 Å². The minimum atomic E-state index is 0.612. The van der Waals surface area contributed by atoms with E-state index in [-0.39, 0.29) is 0 Å². The molecule has 0 amide bonds. The predicted molar refractivity (Wildman–Crippen MR) is 70.5 cm³/mol. The van der Waals surface area contributed by atoms with Crippen LogP contribution in [0, 0.1) is 12.8 Å². The second kappa shape index (κ2) is 4.50. The predicted octanol–water partition coefficient (Wildman–Crippen LogP) is 3.90. The van der Waals surface area contributed by atoms with E-state index in [9.17, 15) is 0 Å². The zero-order valence-electron chi connectivity index (χ0n) is 9.79. The molecule has 0 aliphatic heterocycles. The lowest BCUT2D eigenvalue weighted by Crippen LogP contribution is -2.02. The van der Waals surface area contributed by atoms with Crippen LogP contribution in [0.3, 0.4) is 0 Å². The number of halogens is 1. The van der Waals surface area contributed by atoms with Gasteiger partial charge in [0.05, 0.1) is 11.2 Å². The third-order valence-corrected chi connectivity index (χ3v) is 2.94. The number of hydrogen-bond acceptors (Lipinski definition) is 2. The summed E-state index contributed by atoms with van der Waals surface area (Å²) in [5, 5.41) is 1.17. The number of aromatic nitrogens is 2. The molecule has 0 atom stereocenters. The van der Waals surface area contributed by atoms with Crippen LogP contribution in [0.4, 0.5) is 0 Å². The molecule has 2 aromatic rings. The van der Waals surface area contributed by atoms with Crippen LogP contribution in [0.2, 0.25) is 0 Å². The molecule has 0 saturated heterocycles. The van der Waals surface area contributed by atoms with E-state index >= 15 is 0 Å². The van der Waals surface area contributed by atoms with Crippen molar-refractivity contribution < 1.29 is 0 Å². The largest absolute Gasteiger partial charge is 0.238 e. The first-order valence-corrected chi connectivity index (χ1v) is 6.28. The van der Waals surface area contributed by atoms with E-state index in [1.807, 2.05) is 19.1 Å². The fourth-order valence-electron chi connectivity index (χ4n) is 1.84. The Hall–Kier alpha value is -0.960. The zero-order valence-corrected chi connectivity index (χ0v) is 11.4. The van der Waals surface area contributed by atoms with E-state index in [0.29, 0.717) is 5.92 Å². The molecule has 0 fully saturated rings. The second-order valence-corrected chi connectivity index (χ2v) is 5.39. The average molecular weight is 279 g/mol. The Bertz CT molecular complexity index is 515. The van der Waals surface area contributed by atoms with E-state index in [0.717, 1.165) is 27.9 Å². The maximum Gasteiger partial charge on any atom is 0.126 e. The van der Waals surface area contributed by atoms with Gasteiger partial charge in [-0.2, -0.15) is 0 Å². The lowest BCUT2D eigenvalue weighted by Gasteiger charge is -2.09. The Morgan fingerprint density at radius 1 is 1.25 bits per heavy atom. The fraction of sp³-hybridized carbons (Fsp3) is 0.385. The Morgan fingerprint density at radius 3 is 2.69 bits per heavy atom. The molecule has 1 aromatic carbocycles. The maximum absolute atomic E-state index is 4.54. The summed E-state index contributed by atoms with van der Waals surface area (Å²) in [4.78, 5) is 9.01. The molecule has 0 N–H and O–H groups in total. The van der Waals surface area contributed by atoms with Gasteiger partial charge in [-0.3, -0.25) is 0 Å². The quantitative estimate of drug-likeness (QED) is 0.833. The van der Waals surface area contributed by atoms with Gasteiger partial charge in [0.25, 0.3) is 0 Å². The number of rotatable bonds is 2. The number of nitrogens with zero attached hydrogens (tertiary/aromatic N) is 2. The highest BCUT2D eigenvalue weighted by molar-refractivity contribution is 9.10. The molecule has 0 spiro atoms. The van der Waals surface area contributed by atoms with Gasteiger partial charge < -0.3 is 0 Å². The molecule has 1 aromatic heterocycles. The monoisotopic (exact) mass is 278 g/mol. The fourth-order valence-corrected chi connectivity index (χ4v) is 2.19. The van der Waals surface area contributed by atoms with Crippen molar-refractivity contribution >= 4 is 26.8 Å².